The van der Waals surface area contributed by atoms with Crippen molar-refractivity contribution in [3.63, 3.8) is 0 Å². The van der Waals surface area contributed by atoms with Crippen molar-refractivity contribution in [1.29, 1.82) is 0 Å². The van der Waals surface area contributed by atoms with Crippen LogP contribution in [0.2, 0.25) is 0 Å². The van der Waals surface area contributed by atoms with Gasteiger partial charge in [-0.05, 0) is 6.07 Å². The van der Waals surface area contributed by atoms with E-state index in [2.05, 4.69) is 13.2 Å². The number of hydrogen-bond acceptors (Lipinski definition) is 0. The Bertz CT molecular complexity index is 380. The van der Waals surface area contributed by atoms with E-state index in [1.807, 2.05) is 0 Å². The summed E-state index contributed by atoms with van der Waals surface area (Å²) < 4.78 is 39.9. The van der Waals surface area contributed by atoms with Crippen LogP contribution in [0.5, 0.6) is 0 Å². The summed E-state index contributed by atoms with van der Waals surface area (Å²) >= 11 is 0. The zero-order valence-electron chi connectivity index (χ0n) is 8.14. The lowest BCUT2D eigenvalue weighted by molar-refractivity contribution is 0.0706. The minimum Gasteiger partial charge on any atom is -0.206 e. The quantitative estimate of drug-likeness (QED) is 0.660. The van der Waals surface area contributed by atoms with Gasteiger partial charge < -0.3 is 0 Å². The summed E-state index contributed by atoms with van der Waals surface area (Å²) in [4.78, 5) is 0. The molecular formula is C12H11F3. The van der Waals surface area contributed by atoms with Crippen molar-refractivity contribution in [1.82, 2.24) is 0 Å². The molecule has 0 saturated carbocycles. The number of allylic oxidation sites excluding steroid dienone is 2. The van der Waals surface area contributed by atoms with Crippen LogP contribution in [0.3, 0.4) is 0 Å². The van der Waals surface area contributed by atoms with Crippen LogP contribution < -0.4 is 0 Å². The van der Waals surface area contributed by atoms with Gasteiger partial charge in [-0.2, -0.15) is 0 Å². The molecular weight excluding hydrogens is 201 g/mol. The number of alkyl halides is 2. The third-order valence-corrected chi connectivity index (χ3v) is 2.04. The molecule has 0 amide bonds. The lowest BCUT2D eigenvalue weighted by atomic mass is 9.99. The zero-order valence-corrected chi connectivity index (χ0v) is 8.14. The normalized spacial score (nSPS) is 11.1. The van der Waals surface area contributed by atoms with Crippen LogP contribution in [0.4, 0.5) is 13.2 Å². The highest BCUT2D eigenvalue weighted by molar-refractivity contribution is 5.69. The fraction of sp³-hybridized carbons (Fsp3) is 0.167. The molecule has 0 fully saturated rings. The molecule has 1 rings (SSSR count). The fourth-order valence-corrected chi connectivity index (χ4v) is 1.21. The van der Waals surface area contributed by atoms with Crippen molar-refractivity contribution >= 4 is 5.57 Å². The number of hydrogen-bond donors (Lipinski definition) is 0. The van der Waals surface area contributed by atoms with E-state index in [4.69, 9.17) is 0 Å². The van der Waals surface area contributed by atoms with Crippen LogP contribution in [0.25, 0.3) is 5.57 Å². The first-order chi connectivity index (χ1) is 6.99. The van der Waals surface area contributed by atoms with Crippen molar-refractivity contribution in [2.24, 2.45) is 0 Å². The van der Waals surface area contributed by atoms with Crippen molar-refractivity contribution in [3.05, 3.63) is 54.9 Å². The fourth-order valence-electron chi connectivity index (χ4n) is 1.21. The summed E-state index contributed by atoms with van der Waals surface area (Å²) in [5.41, 5.74) is -0.662. The maximum atomic E-state index is 13.3. The van der Waals surface area contributed by atoms with Gasteiger partial charge in [0.25, 0.3) is 5.92 Å². The molecule has 0 aromatic heterocycles. The minimum atomic E-state index is -3.15. The van der Waals surface area contributed by atoms with Crippen LogP contribution in [0.15, 0.2) is 43.5 Å². The highest BCUT2D eigenvalue weighted by atomic mass is 19.3. The van der Waals surface area contributed by atoms with Crippen molar-refractivity contribution < 1.29 is 13.2 Å². The van der Waals surface area contributed by atoms with Gasteiger partial charge in [-0.25, -0.2) is 13.2 Å². The van der Waals surface area contributed by atoms with E-state index in [-0.39, 0.29) is 5.56 Å². The SMILES string of the molecule is C=CCC(F)(F)C(=C)c1ccccc1F. The highest BCUT2D eigenvalue weighted by Gasteiger charge is 2.33. The Morgan fingerprint density at radius 2 is 1.93 bits per heavy atom. The van der Waals surface area contributed by atoms with E-state index in [0.29, 0.717) is 0 Å². The molecule has 0 N–H and O–H groups in total. The first kappa shape index (κ1) is 11.6. The molecule has 0 heterocycles. The van der Waals surface area contributed by atoms with E-state index >= 15 is 0 Å². The minimum absolute atomic E-state index is 0.149. The summed E-state index contributed by atoms with van der Waals surface area (Å²) in [6, 6.07) is 5.35. The van der Waals surface area contributed by atoms with Crippen LogP contribution in [-0.2, 0) is 0 Å². The largest absolute Gasteiger partial charge is 0.276 e. The second-order valence-electron chi connectivity index (χ2n) is 3.16. The summed E-state index contributed by atoms with van der Waals surface area (Å²) in [5.74, 6) is -3.84. The smallest absolute Gasteiger partial charge is 0.206 e. The third kappa shape index (κ3) is 2.49. The zero-order chi connectivity index (χ0) is 11.5. The lowest BCUT2D eigenvalue weighted by Crippen LogP contribution is -2.17. The van der Waals surface area contributed by atoms with Gasteiger partial charge in [-0.1, -0.05) is 30.9 Å². The second kappa shape index (κ2) is 4.34. The van der Waals surface area contributed by atoms with Crippen molar-refractivity contribution in [2.75, 3.05) is 0 Å². The monoisotopic (exact) mass is 212 g/mol. The lowest BCUT2D eigenvalue weighted by Gasteiger charge is -2.17. The second-order valence-corrected chi connectivity index (χ2v) is 3.16. The molecule has 0 aliphatic carbocycles. The van der Waals surface area contributed by atoms with Crippen molar-refractivity contribution in [2.45, 2.75) is 12.3 Å². The maximum absolute atomic E-state index is 13.3. The molecule has 0 radical (unpaired) electrons. The molecule has 3 heteroatoms. The molecule has 0 spiro atoms. The topological polar surface area (TPSA) is 0 Å². The van der Waals surface area contributed by atoms with Gasteiger partial charge in [-0.3, -0.25) is 0 Å². The summed E-state index contributed by atoms with van der Waals surface area (Å²) in [5, 5.41) is 0. The average molecular weight is 212 g/mol. The number of rotatable bonds is 4. The molecule has 0 aliphatic heterocycles. The molecule has 15 heavy (non-hydrogen) atoms. The average Bonchev–Trinajstić information content (AvgIpc) is 2.17. The van der Waals surface area contributed by atoms with E-state index in [9.17, 15) is 13.2 Å². The molecule has 1 aromatic carbocycles. The summed E-state index contributed by atoms with van der Waals surface area (Å²) in [6.07, 6.45) is 0.548. The maximum Gasteiger partial charge on any atom is 0.276 e. The van der Waals surface area contributed by atoms with Gasteiger partial charge in [0.1, 0.15) is 5.82 Å². The Labute approximate surface area is 86.7 Å². The Morgan fingerprint density at radius 3 is 2.47 bits per heavy atom. The van der Waals surface area contributed by atoms with E-state index in [0.717, 1.165) is 12.1 Å². The first-order valence-electron chi connectivity index (χ1n) is 4.42. The Balaban J connectivity index is 3.04. The molecule has 0 saturated heterocycles. The molecule has 0 bridgehead atoms. The van der Waals surface area contributed by atoms with Gasteiger partial charge in [0.15, 0.2) is 0 Å². The highest BCUT2D eigenvalue weighted by Crippen LogP contribution is 2.35. The molecule has 80 valence electrons. The van der Waals surface area contributed by atoms with Crippen LogP contribution in [0, 0.1) is 5.82 Å². The molecule has 1 aromatic rings. The van der Waals surface area contributed by atoms with Gasteiger partial charge >= 0.3 is 0 Å². The van der Waals surface area contributed by atoms with Crippen LogP contribution in [-0.4, -0.2) is 5.92 Å². The predicted molar refractivity (Wildman–Crippen MR) is 55.2 cm³/mol. The van der Waals surface area contributed by atoms with Crippen LogP contribution in [0.1, 0.15) is 12.0 Å². The molecule has 0 atom stereocenters. The van der Waals surface area contributed by atoms with Crippen LogP contribution >= 0.6 is 0 Å². The predicted octanol–water partition coefficient (Wildman–Crippen LogP) is 4.05. The molecule has 0 nitrogen and oxygen atoms in total. The van der Waals surface area contributed by atoms with Gasteiger partial charge in [-0.15, -0.1) is 6.58 Å². The number of benzene rings is 1. The van der Waals surface area contributed by atoms with Gasteiger partial charge in [0, 0.05) is 17.6 Å². The Kier molecular flexibility index (Phi) is 3.35. The van der Waals surface area contributed by atoms with E-state index < -0.39 is 23.7 Å². The van der Waals surface area contributed by atoms with Gasteiger partial charge in [0.2, 0.25) is 0 Å². The summed E-state index contributed by atoms with van der Waals surface area (Å²) in [6.45, 7) is 6.47. The standard InChI is InChI=1S/C12H11F3/c1-3-8-12(14,15)9(2)10-6-4-5-7-11(10)13/h3-7H,1-2,8H2. The van der Waals surface area contributed by atoms with Crippen molar-refractivity contribution in [3.8, 4) is 0 Å². The van der Waals surface area contributed by atoms with E-state index in [1.165, 1.54) is 18.2 Å². The molecule has 0 unspecified atom stereocenters. The summed E-state index contributed by atoms with van der Waals surface area (Å²) in [7, 11) is 0. The van der Waals surface area contributed by atoms with Gasteiger partial charge in [0.05, 0.1) is 0 Å². The Morgan fingerprint density at radius 1 is 1.33 bits per heavy atom. The first-order valence-corrected chi connectivity index (χ1v) is 4.42. The Hall–Kier alpha value is -1.51. The van der Waals surface area contributed by atoms with E-state index in [1.54, 1.807) is 0 Å². The third-order valence-electron chi connectivity index (χ3n) is 2.04. The number of halogens is 3. The molecule has 0 aliphatic rings.